The van der Waals surface area contributed by atoms with Gasteiger partial charge < -0.3 is 14.2 Å². The molecular formula is C16H18O4. The summed E-state index contributed by atoms with van der Waals surface area (Å²) >= 11 is 0. The zero-order valence-corrected chi connectivity index (χ0v) is 11.6. The molecule has 0 aromatic heterocycles. The Morgan fingerprint density at radius 2 is 1.85 bits per heavy atom. The summed E-state index contributed by atoms with van der Waals surface area (Å²) in [6, 6.07) is 7.64. The lowest BCUT2D eigenvalue weighted by atomic mass is 9.91. The maximum absolute atomic E-state index is 12.5. The summed E-state index contributed by atoms with van der Waals surface area (Å²) in [7, 11) is 0. The number of benzene rings is 1. The molecule has 3 aliphatic rings. The summed E-state index contributed by atoms with van der Waals surface area (Å²) in [6.07, 6.45) is 1.95. The van der Waals surface area contributed by atoms with Crippen molar-refractivity contribution in [3.8, 4) is 0 Å². The van der Waals surface area contributed by atoms with Gasteiger partial charge in [0.05, 0.1) is 19.8 Å². The molecule has 4 nitrogen and oxygen atoms in total. The summed E-state index contributed by atoms with van der Waals surface area (Å²) < 4.78 is 16.7. The fourth-order valence-electron chi connectivity index (χ4n) is 2.47. The molecule has 2 bridgehead atoms. The van der Waals surface area contributed by atoms with Gasteiger partial charge in [0, 0.05) is 11.8 Å². The molecule has 0 amide bonds. The van der Waals surface area contributed by atoms with E-state index in [0.717, 1.165) is 11.1 Å². The number of carbonyl (C=O) groups is 1. The standard InChI is InChI=1S/C16H18O4/c1-3-12-6-4-5-7-13(12)8-14(17)16-18-9-15(2,10-19-16)11-20-16/h3-7H,1,8-11H2,2H3. The molecule has 0 saturated carbocycles. The van der Waals surface area contributed by atoms with Gasteiger partial charge in [-0.1, -0.05) is 43.8 Å². The number of Topliss-reactive ketones (excluding diaryl/α,β-unsaturated/α-hetero) is 1. The minimum absolute atomic E-state index is 0.138. The van der Waals surface area contributed by atoms with Crippen LogP contribution in [0.2, 0.25) is 0 Å². The van der Waals surface area contributed by atoms with Crippen molar-refractivity contribution in [1.29, 1.82) is 0 Å². The second-order valence-electron chi connectivity index (χ2n) is 5.74. The molecule has 0 N–H and O–H groups in total. The van der Waals surface area contributed by atoms with Crippen molar-refractivity contribution in [3.05, 3.63) is 42.0 Å². The largest absolute Gasteiger partial charge is 0.347 e. The summed E-state index contributed by atoms with van der Waals surface area (Å²) in [4.78, 5) is 12.5. The van der Waals surface area contributed by atoms with E-state index < -0.39 is 5.97 Å². The van der Waals surface area contributed by atoms with Crippen LogP contribution in [0, 0.1) is 5.41 Å². The third-order valence-corrected chi connectivity index (χ3v) is 3.80. The lowest BCUT2D eigenvalue weighted by molar-refractivity contribution is -0.439. The van der Waals surface area contributed by atoms with Gasteiger partial charge in [0.25, 0.3) is 0 Å². The Balaban J connectivity index is 1.78. The van der Waals surface area contributed by atoms with Crippen molar-refractivity contribution in [2.24, 2.45) is 5.41 Å². The van der Waals surface area contributed by atoms with Crippen LogP contribution in [0.4, 0.5) is 0 Å². The Kier molecular flexibility index (Phi) is 3.24. The minimum Gasteiger partial charge on any atom is -0.320 e. The molecule has 1 aromatic carbocycles. The highest BCUT2D eigenvalue weighted by molar-refractivity contribution is 5.87. The first-order chi connectivity index (χ1) is 9.57. The SMILES string of the molecule is C=Cc1ccccc1CC(=O)C12OCC(C)(CO1)CO2. The summed E-state index contributed by atoms with van der Waals surface area (Å²) in [6.45, 7) is 7.25. The molecule has 0 aliphatic carbocycles. The minimum atomic E-state index is -1.51. The number of carbonyl (C=O) groups excluding carboxylic acids is 1. The molecule has 3 aliphatic heterocycles. The third kappa shape index (κ3) is 2.20. The second-order valence-corrected chi connectivity index (χ2v) is 5.74. The van der Waals surface area contributed by atoms with Crippen LogP contribution in [0.5, 0.6) is 0 Å². The summed E-state index contributed by atoms with van der Waals surface area (Å²) in [5.74, 6) is -1.71. The van der Waals surface area contributed by atoms with E-state index >= 15 is 0 Å². The quantitative estimate of drug-likeness (QED) is 0.844. The van der Waals surface area contributed by atoms with Crippen LogP contribution >= 0.6 is 0 Å². The first-order valence-corrected chi connectivity index (χ1v) is 6.72. The Morgan fingerprint density at radius 1 is 1.25 bits per heavy atom. The van der Waals surface area contributed by atoms with Crippen LogP contribution in [0.3, 0.4) is 0 Å². The van der Waals surface area contributed by atoms with Gasteiger partial charge in [-0.15, -0.1) is 0 Å². The van der Waals surface area contributed by atoms with Gasteiger partial charge >= 0.3 is 5.97 Å². The smallest absolute Gasteiger partial charge is 0.320 e. The van der Waals surface area contributed by atoms with Crippen LogP contribution in [0.1, 0.15) is 18.1 Å². The predicted octanol–water partition coefficient (Wildman–Crippen LogP) is 2.18. The van der Waals surface area contributed by atoms with Gasteiger partial charge in [0.2, 0.25) is 5.78 Å². The number of rotatable bonds is 4. The number of ether oxygens (including phenoxy) is 3. The Morgan fingerprint density at radius 3 is 2.45 bits per heavy atom. The first-order valence-electron chi connectivity index (χ1n) is 6.72. The van der Waals surface area contributed by atoms with E-state index in [9.17, 15) is 4.79 Å². The average Bonchev–Trinajstić information content (AvgIpc) is 2.49. The molecule has 106 valence electrons. The number of hydrogen-bond acceptors (Lipinski definition) is 4. The van der Waals surface area contributed by atoms with E-state index in [1.165, 1.54) is 0 Å². The van der Waals surface area contributed by atoms with Crippen LogP contribution in [-0.4, -0.2) is 31.6 Å². The first kappa shape index (κ1) is 13.5. The fraction of sp³-hybridized carbons (Fsp3) is 0.438. The predicted molar refractivity (Wildman–Crippen MR) is 73.9 cm³/mol. The van der Waals surface area contributed by atoms with Gasteiger partial charge in [-0.2, -0.15) is 0 Å². The van der Waals surface area contributed by atoms with E-state index in [1.807, 2.05) is 31.2 Å². The van der Waals surface area contributed by atoms with Crippen LogP contribution in [0.25, 0.3) is 6.08 Å². The van der Waals surface area contributed by atoms with E-state index in [0.29, 0.717) is 19.8 Å². The third-order valence-electron chi connectivity index (χ3n) is 3.80. The molecule has 0 spiro atoms. The number of fused-ring (bicyclic) bond motifs is 3. The maximum atomic E-state index is 12.5. The van der Waals surface area contributed by atoms with Crippen LogP contribution in [-0.2, 0) is 25.4 Å². The zero-order chi connectivity index (χ0) is 14.2. The van der Waals surface area contributed by atoms with Crippen molar-refractivity contribution >= 4 is 11.9 Å². The Bertz CT molecular complexity index is 525. The molecule has 4 rings (SSSR count). The molecule has 0 radical (unpaired) electrons. The van der Waals surface area contributed by atoms with E-state index in [2.05, 4.69) is 6.58 Å². The topological polar surface area (TPSA) is 44.8 Å². The van der Waals surface area contributed by atoms with Gasteiger partial charge in [-0.3, -0.25) is 4.79 Å². The lowest BCUT2D eigenvalue weighted by Gasteiger charge is -2.49. The Hall–Kier alpha value is -1.49. The maximum Gasteiger partial charge on any atom is 0.347 e. The number of hydrogen-bond donors (Lipinski definition) is 0. The van der Waals surface area contributed by atoms with Crippen LogP contribution < -0.4 is 0 Å². The van der Waals surface area contributed by atoms with Crippen molar-refractivity contribution in [3.63, 3.8) is 0 Å². The molecule has 0 unspecified atom stereocenters. The summed E-state index contributed by atoms with van der Waals surface area (Å²) in [5.41, 5.74) is 1.70. The number of ketones is 1. The normalized spacial score (nSPS) is 32.0. The molecular weight excluding hydrogens is 256 g/mol. The lowest BCUT2D eigenvalue weighted by Crippen LogP contribution is -2.62. The highest BCUT2D eigenvalue weighted by Gasteiger charge is 2.54. The van der Waals surface area contributed by atoms with E-state index in [4.69, 9.17) is 14.2 Å². The van der Waals surface area contributed by atoms with Crippen molar-refractivity contribution < 1.29 is 19.0 Å². The van der Waals surface area contributed by atoms with Crippen LogP contribution in [0.15, 0.2) is 30.8 Å². The second kappa shape index (κ2) is 4.81. The van der Waals surface area contributed by atoms with Crippen molar-refractivity contribution in [1.82, 2.24) is 0 Å². The molecule has 3 saturated heterocycles. The van der Waals surface area contributed by atoms with Gasteiger partial charge in [0.15, 0.2) is 0 Å². The van der Waals surface area contributed by atoms with Gasteiger partial charge in [-0.05, 0) is 11.1 Å². The monoisotopic (exact) mass is 274 g/mol. The average molecular weight is 274 g/mol. The summed E-state index contributed by atoms with van der Waals surface area (Å²) in [5, 5.41) is 0. The molecule has 0 atom stereocenters. The highest BCUT2D eigenvalue weighted by Crippen LogP contribution is 2.39. The fourth-order valence-corrected chi connectivity index (χ4v) is 2.47. The Labute approximate surface area is 118 Å². The molecule has 4 heteroatoms. The zero-order valence-electron chi connectivity index (χ0n) is 11.6. The molecule has 3 fully saturated rings. The molecule has 3 heterocycles. The highest BCUT2D eigenvalue weighted by atomic mass is 16.9. The van der Waals surface area contributed by atoms with E-state index in [1.54, 1.807) is 6.08 Å². The van der Waals surface area contributed by atoms with Crippen molar-refractivity contribution in [2.75, 3.05) is 19.8 Å². The van der Waals surface area contributed by atoms with E-state index in [-0.39, 0.29) is 17.6 Å². The van der Waals surface area contributed by atoms with Gasteiger partial charge in [0.1, 0.15) is 0 Å². The van der Waals surface area contributed by atoms with Gasteiger partial charge in [-0.25, -0.2) is 0 Å². The molecule has 1 aromatic rings. The van der Waals surface area contributed by atoms with Crippen molar-refractivity contribution in [2.45, 2.75) is 19.3 Å². The molecule has 20 heavy (non-hydrogen) atoms.